The summed E-state index contributed by atoms with van der Waals surface area (Å²) in [7, 11) is 0. The molecule has 1 aromatic carbocycles. The molecule has 6 nitrogen and oxygen atoms in total. The van der Waals surface area contributed by atoms with Crippen LogP contribution in [-0.4, -0.2) is 46.2 Å². The van der Waals surface area contributed by atoms with E-state index in [1.165, 1.54) is 6.07 Å². The number of hydrogen-bond donors (Lipinski definition) is 4. The molecule has 128 valence electrons. The monoisotopic (exact) mass is 321 g/mol. The van der Waals surface area contributed by atoms with Crippen molar-refractivity contribution in [3.8, 4) is 5.75 Å². The zero-order valence-corrected chi connectivity index (χ0v) is 14.0. The molecule has 1 saturated heterocycles. The van der Waals surface area contributed by atoms with Gasteiger partial charge in [-0.15, -0.1) is 0 Å². The molecule has 6 heteroatoms. The number of phenols is 1. The van der Waals surface area contributed by atoms with Crippen molar-refractivity contribution in [2.24, 2.45) is 5.92 Å². The van der Waals surface area contributed by atoms with Gasteiger partial charge in [0.1, 0.15) is 11.8 Å². The number of aliphatic hydroxyl groups is 1. The molecule has 1 heterocycles. The molecule has 4 atom stereocenters. The number of aliphatic hydroxyl groups excluding tert-OH is 1. The van der Waals surface area contributed by atoms with E-state index in [0.717, 1.165) is 6.42 Å². The van der Waals surface area contributed by atoms with Gasteiger partial charge in [0.25, 0.3) is 0 Å². The average molecular weight is 321 g/mol. The van der Waals surface area contributed by atoms with Crippen molar-refractivity contribution in [3.63, 3.8) is 0 Å². The number of benzene rings is 1. The Hall–Kier alpha value is -1.63. The maximum absolute atomic E-state index is 12.7. The van der Waals surface area contributed by atoms with Crippen molar-refractivity contribution < 1.29 is 15.0 Å². The fourth-order valence-electron chi connectivity index (χ4n) is 3.07. The number of hydrogen-bond acceptors (Lipinski definition) is 5. The van der Waals surface area contributed by atoms with Gasteiger partial charge in [-0.3, -0.25) is 10.2 Å². The van der Waals surface area contributed by atoms with E-state index in [-0.39, 0.29) is 36.2 Å². The van der Waals surface area contributed by atoms with Crippen LogP contribution in [0.15, 0.2) is 24.3 Å². The third-order valence-corrected chi connectivity index (χ3v) is 4.63. The molecule has 0 bridgehead atoms. The molecule has 0 spiro atoms. The Bertz CT molecular complexity index is 538. The van der Waals surface area contributed by atoms with Crippen LogP contribution in [0.25, 0.3) is 0 Å². The molecule has 4 unspecified atom stereocenters. The third kappa shape index (κ3) is 4.02. The van der Waals surface area contributed by atoms with Gasteiger partial charge in [0.15, 0.2) is 0 Å². The Morgan fingerprint density at radius 1 is 1.35 bits per heavy atom. The van der Waals surface area contributed by atoms with E-state index in [1.807, 2.05) is 6.92 Å². The summed E-state index contributed by atoms with van der Waals surface area (Å²) < 4.78 is 0. The lowest BCUT2D eigenvalue weighted by Gasteiger charge is -2.28. The maximum atomic E-state index is 12.7. The summed E-state index contributed by atoms with van der Waals surface area (Å²) in [6, 6.07) is 6.50. The minimum atomic E-state index is -0.822. The van der Waals surface area contributed by atoms with Crippen LogP contribution in [0.2, 0.25) is 0 Å². The summed E-state index contributed by atoms with van der Waals surface area (Å²) >= 11 is 0. The number of carbonyl (C=O) groups is 1. The highest BCUT2D eigenvalue weighted by Gasteiger charge is 2.38. The molecular weight excluding hydrogens is 294 g/mol. The highest BCUT2D eigenvalue weighted by atomic mass is 16.3. The summed E-state index contributed by atoms with van der Waals surface area (Å²) in [6.07, 6.45) is 0.133. The lowest BCUT2D eigenvalue weighted by Crippen LogP contribution is -2.48. The fraction of sp³-hybridized carbons (Fsp3) is 0.588. The molecular formula is C17H27N3O3. The lowest BCUT2D eigenvalue weighted by molar-refractivity contribution is -0.135. The topological polar surface area (TPSA) is 84.8 Å². The highest BCUT2D eigenvalue weighted by molar-refractivity contribution is 5.82. The van der Waals surface area contributed by atoms with E-state index >= 15 is 0 Å². The summed E-state index contributed by atoms with van der Waals surface area (Å²) in [5.41, 5.74) is 6.85. The van der Waals surface area contributed by atoms with Crippen LogP contribution in [0.3, 0.4) is 0 Å². The van der Waals surface area contributed by atoms with Crippen LogP contribution in [0.5, 0.6) is 5.75 Å². The van der Waals surface area contributed by atoms with Crippen LogP contribution < -0.4 is 10.9 Å². The van der Waals surface area contributed by atoms with Crippen molar-refractivity contribution >= 4 is 5.91 Å². The average Bonchev–Trinajstić information content (AvgIpc) is 2.92. The van der Waals surface area contributed by atoms with Gasteiger partial charge in [-0.1, -0.05) is 26.0 Å². The molecule has 4 N–H and O–H groups in total. The van der Waals surface area contributed by atoms with Gasteiger partial charge in [0.05, 0.1) is 12.6 Å². The maximum Gasteiger partial charge on any atom is 0.241 e. The van der Waals surface area contributed by atoms with Gasteiger partial charge in [0.2, 0.25) is 5.91 Å². The van der Waals surface area contributed by atoms with Gasteiger partial charge < -0.3 is 15.1 Å². The Labute approximate surface area is 137 Å². The number of phenolic OH excluding ortho intramolecular Hbond substituents is 1. The normalized spacial score (nSPS) is 25.3. The van der Waals surface area contributed by atoms with E-state index in [1.54, 1.807) is 23.1 Å². The molecule has 1 aliphatic heterocycles. The highest BCUT2D eigenvalue weighted by Crippen LogP contribution is 2.22. The molecule has 0 aliphatic carbocycles. The quantitative estimate of drug-likeness (QED) is 0.632. The van der Waals surface area contributed by atoms with Gasteiger partial charge in [0, 0.05) is 12.6 Å². The Kier molecular flexibility index (Phi) is 5.98. The van der Waals surface area contributed by atoms with Crippen LogP contribution in [-0.2, 0) is 4.79 Å². The van der Waals surface area contributed by atoms with Crippen molar-refractivity contribution in [2.45, 2.75) is 45.4 Å². The lowest BCUT2D eigenvalue weighted by atomic mass is 9.94. The number of carbonyl (C=O) groups excluding carboxylic acids is 1. The molecule has 0 radical (unpaired) electrons. The van der Waals surface area contributed by atoms with Gasteiger partial charge >= 0.3 is 0 Å². The predicted molar refractivity (Wildman–Crippen MR) is 88.6 cm³/mol. The summed E-state index contributed by atoms with van der Waals surface area (Å²) in [5, 5.41) is 19.9. The first-order valence-electron chi connectivity index (χ1n) is 8.24. The largest absolute Gasteiger partial charge is 0.508 e. The standard InChI is InChI=1S/C17H27N3O3/c1-4-14-11(3)16(19-18-14)17(23)20(5-2)10-15(22)12-7-6-8-13(21)9-12/h6-9,11,14-16,18-19,21-22H,4-5,10H2,1-3H3. The van der Waals surface area contributed by atoms with Crippen molar-refractivity contribution in [2.75, 3.05) is 13.1 Å². The number of rotatable bonds is 6. The Morgan fingerprint density at radius 2 is 2.09 bits per heavy atom. The fourth-order valence-corrected chi connectivity index (χ4v) is 3.07. The number of nitrogens with zero attached hydrogens (tertiary/aromatic N) is 1. The van der Waals surface area contributed by atoms with E-state index < -0.39 is 6.10 Å². The van der Waals surface area contributed by atoms with Crippen molar-refractivity contribution in [1.29, 1.82) is 0 Å². The molecule has 1 aromatic rings. The Morgan fingerprint density at radius 3 is 2.65 bits per heavy atom. The molecule has 2 rings (SSSR count). The summed E-state index contributed by atoms with van der Waals surface area (Å²) in [4.78, 5) is 14.4. The van der Waals surface area contributed by atoms with Crippen LogP contribution >= 0.6 is 0 Å². The van der Waals surface area contributed by atoms with E-state index in [0.29, 0.717) is 12.1 Å². The first-order chi connectivity index (χ1) is 11.0. The number of hydrazine groups is 1. The molecule has 1 fully saturated rings. The summed E-state index contributed by atoms with van der Waals surface area (Å²) in [6.45, 7) is 6.78. The van der Waals surface area contributed by atoms with Crippen LogP contribution in [0.4, 0.5) is 0 Å². The molecule has 0 aromatic heterocycles. The van der Waals surface area contributed by atoms with E-state index in [2.05, 4.69) is 24.7 Å². The Balaban J connectivity index is 2.03. The second-order valence-electron chi connectivity index (χ2n) is 6.13. The molecule has 1 aliphatic rings. The van der Waals surface area contributed by atoms with E-state index in [4.69, 9.17) is 0 Å². The first-order valence-corrected chi connectivity index (χ1v) is 8.24. The van der Waals surface area contributed by atoms with E-state index in [9.17, 15) is 15.0 Å². The smallest absolute Gasteiger partial charge is 0.241 e. The van der Waals surface area contributed by atoms with Gasteiger partial charge in [-0.2, -0.15) is 0 Å². The summed E-state index contributed by atoms with van der Waals surface area (Å²) in [5.74, 6) is 0.291. The molecule has 1 amide bonds. The van der Waals surface area contributed by atoms with Gasteiger partial charge in [-0.05, 0) is 37.0 Å². The zero-order chi connectivity index (χ0) is 17.0. The minimum Gasteiger partial charge on any atom is -0.508 e. The van der Waals surface area contributed by atoms with Crippen LogP contribution in [0.1, 0.15) is 38.9 Å². The predicted octanol–water partition coefficient (Wildman–Crippen LogP) is 1.17. The second kappa shape index (κ2) is 7.77. The molecule has 23 heavy (non-hydrogen) atoms. The first kappa shape index (κ1) is 17.7. The number of likely N-dealkylation sites (N-methyl/N-ethyl adjacent to an activating group) is 1. The second-order valence-corrected chi connectivity index (χ2v) is 6.13. The number of nitrogens with one attached hydrogen (secondary N) is 2. The van der Waals surface area contributed by atoms with Crippen molar-refractivity contribution in [3.05, 3.63) is 29.8 Å². The van der Waals surface area contributed by atoms with Gasteiger partial charge in [-0.25, -0.2) is 5.43 Å². The minimum absolute atomic E-state index is 0.0114. The third-order valence-electron chi connectivity index (χ3n) is 4.63. The SMILES string of the molecule is CCC1NNC(C(=O)N(CC)CC(O)c2cccc(O)c2)C1C. The molecule has 0 saturated carbocycles. The van der Waals surface area contributed by atoms with Crippen LogP contribution in [0, 0.1) is 5.92 Å². The van der Waals surface area contributed by atoms with Crippen molar-refractivity contribution in [1.82, 2.24) is 15.8 Å². The number of aromatic hydroxyl groups is 1. The number of amides is 1. The zero-order valence-electron chi connectivity index (χ0n) is 14.0.